The predicted molar refractivity (Wildman–Crippen MR) is 113 cm³/mol. The number of benzene rings is 2. The fourth-order valence-electron chi connectivity index (χ4n) is 3.35. The second kappa shape index (κ2) is 10.2. The van der Waals surface area contributed by atoms with Crippen LogP contribution in [0.25, 0.3) is 0 Å². The molecule has 178 valence electrons. The molecule has 0 saturated carbocycles. The molecular formula is C21H23F3N4O4S. The molecule has 2 N–H and O–H groups in total. The minimum Gasteiger partial charge on any atom is -0.339 e. The molecule has 8 nitrogen and oxygen atoms in total. The number of hydrogen-bond donors (Lipinski definition) is 2. The maximum atomic E-state index is 13.2. The Labute approximate surface area is 189 Å². The predicted octanol–water partition coefficient (Wildman–Crippen LogP) is 2.04. The van der Waals surface area contributed by atoms with Gasteiger partial charge >= 0.3 is 12.2 Å². The van der Waals surface area contributed by atoms with Gasteiger partial charge in [-0.05, 0) is 17.7 Å². The highest BCUT2D eigenvalue weighted by molar-refractivity contribution is 7.89. The number of carbonyl (C=O) groups excluding carboxylic acids is 2. The highest BCUT2D eigenvalue weighted by Gasteiger charge is 2.39. The molecule has 3 amide bonds. The summed E-state index contributed by atoms with van der Waals surface area (Å²) >= 11 is 0. The number of alkyl halides is 3. The molecule has 0 spiro atoms. The molecule has 0 bridgehead atoms. The van der Waals surface area contributed by atoms with Gasteiger partial charge in [0.2, 0.25) is 15.9 Å². The van der Waals surface area contributed by atoms with Crippen molar-refractivity contribution in [2.45, 2.75) is 17.6 Å². The molecule has 1 heterocycles. The molecule has 0 atom stereocenters. The summed E-state index contributed by atoms with van der Waals surface area (Å²) in [6.07, 6.45) is -4.81. The lowest BCUT2D eigenvalue weighted by molar-refractivity contribution is -0.139. The molecule has 33 heavy (non-hydrogen) atoms. The number of nitrogens with zero attached hydrogens (tertiary/aromatic N) is 2. The Kier molecular flexibility index (Phi) is 7.59. The summed E-state index contributed by atoms with van der Waals surface area (Å²) in [7, 11) is -4.39. The smallest absolute Gasteiger partial charge is 0.339 e. The van der Waals surface area contributed by atoms with Crippen LogP contribution in [0.15, 0.2) is 59.5 Å². The molecule has 12 heteroatoms. The number of rotatable bonds is 6. The van der Waals surface area contributed by atoms with Crippen LogP contribution < -0.4 is 10.6 Å². The highest BCUT2D eigenvalue weighted by atomic mass is 32.2. The maximum Gasteiger partial charge on any atom is 0.417 e. The molecular weight excluding hydrogens is 461 g/mol. The van der Waals surface area contributed by atoms with Crippen LogP contribution in [0.5, 0.6) is 0 Å². The molecule has 1 aliphatic rings. The fourth-order valence-corrected chi connectivity index (χ4v) is 4.99. The van der Waals surface area contributed by atoms with E-state index < -0.39 is 38.6 Å². The molecule has 2 aromatic rings. The minimum atomic E-state index is -4.81. The van der Waals surface area contributed by atoms with Gasteiger partial charge in [0.25, 0.3) is 0 Å². The first kappa shape index (κ1) is 24.5. The normalized spacial score (nSPS) is 15.2. The van der Waals surface area contributed by atoms with Crippen LogP contribution in [0.4, 0.5) is 18.0 Å². The van der Waals surface area contributed by atoms with Crippen LogP contribution in [-0.2, 0) is 27.5 Å². The average Bonchev–Trinajstić information content (AvgIpc) is 2.81. The summed E-state index contributed by atoms with van der Waals surface area (Å²) in [5, 5.41) is 5.06. The third-order valence-corrected chi connectivity index (χ3v) is 7.05. The summed E-state index contributed by atoms with van der Waals surface area (Å²) < 4.78 is 66.2. The number of halogens is 3. The number of nitrogens with one attached hydrogen (secondary N) is 2. The molecule has 3 rings (SSSR count). The molecule has 2 aromatic carbocycles. The van der Waals surface area contributed by atoms with Gasteiger partial charge in [-0.2, -0.15) is 17.5 Å². The quantitative estimate of drug-likeness (QED) is 0.656. The molecule has 1 fully saturated rings. The first-order valence-electron chi connectivity index (χ1n) is 10.1. The van der Waals surface area contributed by atoms with Crippen molar-refractivity contribution in [2.75, 3.05) is 32.7 Å². The van der Waals surface area contributed by atoms with E-state index in [9.17, 15) is 31.2 Å². The van der Waals surface area contributed by atoms with E-state index in [0.29, 0.717) is 0 Å². The van der Waals surface area contributed by atoms with Crippen LogP contribution >= 0.6 is 0 Å². The zero-order valence-corrected chi connectivity index (χ0v) is 18.3. The molecule has 1 saturated heterocycles. The summed E-state index contributed by atoms with van der Waals surface area (Å²) in [4.78, 5) is 24.8. The largest absolute Gasteiger partial charge is 0.417 e. The van der Waals surface area contributed by atoms with Crippen molar-refractivity contribution in [2.24, 2.45) is 0 Å². The third kappa shape index (κ3) is 6.23. The Morgan fingerprint density at radius 1 is 0.879 bits per heavy atom. The first-order chi connectivity index (χ1) is 15.6. The van der Waals surface area contributed by atoms with Gasteiger partial charge in [-0.25, -0.2) is 13.2 Å². The third-order valence-electron chi connectivity index (χ3n) is 5.10. The van der Waals surface area contributed by atoms with Crippen molar-refractivity contribution in [3.63, 3.8) is 0 Å². The van der Waals surface area contributed by atoms with Crippen molar-refractivity contribution < 1.29 is 31.2 Å². The fraction of sp³-hybridized carbons (Fsp3) is 0.333. The van der Waals surface area contributed by atoms with Gasteiger partial charge < -0.3 is 15.5 Å². The van der Waals surface area contributed by atoms with Gasteiger partial charge in [-0.15, -0.1) is 0 Å². The summed E-state index contributed by atoms with van der Waals surface area (Å²) in [5.41, 5.74) is -0.336. The highest BCUT2D eigenvalue weighted by Crippen LogP contribution is 2.35. The van der Waals surface area contributed by atoms with Gasteiger partial charge in [-0.1, -0.05) is 42.5 Å². The Balaban J connectivity index is 1.51. The van der Waals surface area contributed by atoms with E-state index in [0.717, 1.165) is 28.1 Å². The van der Waals surface area contributed by atoms with E-state index in [1.807, 2.05) is 30.3 Å². The first-order valence-corrected chi connectivity index (χ1v) is 11.5. The number of hydrogen-bond acceptors (Lipinski definition) is 4. The minimum absolute atomic E-state index is 0.000434. The van der Waals surface area contributed by atoms with Crippen LogP contribution in [-0.4, -0.2) is 62.3 Å². The SMILES string of the molecule is O=C(NCC(=O)N1CCN(S(=O)(=O)c2ccccc2C(F)(F)F)CC1)NCc1ccccc1. The van der Waals surface area contributed by atoms with Crippen LogP contribution in [0.2, 0.25) is 0 Å². The second-order valence-corrected chi connectivity index (χ2v) is 9.21. The van der Waals surface area contributed by atoms with Gasteiger partial charge in [0.1, 0.15) is 0 Å². The zero-order valence-electron chi connectivity index (χ0n) is 17.5. The van der Waals surface area contributed by atoms with Crippen molar-refractivity contribution in [1.29, 1.82) is 0 Å². The van der Waals surface area contributed by atoms with Crippen LogP contribution in [0.3, 0.4) is 0 Å². The molecule has 1 aliphatic heterocycles. The summed E-state index contributed by atoms with van der Waals surface area (Å²) in [5.74, 6) is -0.419. The zero-order chi connectivity index (χ0) is 24.1. The van der Waals surface area contributed by atoms with Crippen LogP contribution in [0, 0.1) is 0 Å². The summed E-state index contributed by atoms with van der Waals surface area (Å²) in [6, 6.07) is 12.7. The maximum absolute atomic E-state index is 13.2. The lowest BCUT2D eigenvalue weighted by atomic mass is 10.2. The van der Waals surface area contributed by atoms with Crippen LogP contribution in [0.1, 0.15) is 11.1 Å². The van der Waals surface area contributed by atoms with Crippen molar-refractivity contribution >= 4 is 22.0 Å². The van der Waals surface area contributed by atoms with Gasteiger partial charge in [0.05, 0.1) is 17.0 Å². The van der Waals surface area contributed by atoms with E-state index in [-0.39, 0.29) is 39.3 Å². The number of amides is 3. The monoisotopic (exact) mass is 484 g/mol. The van der Waals surface area contributed by atoms with Crippen molar-refractivity contribution in [3.05, 3.63) is 65.7 Å². The topological polar surface area (TPSA) is 98.8 Å². The molecule has 0 unspecified atom stereocenters. The lowest BCUT2D eigenvalue weighted by Gasteiger charge is -2.34. The number of piperazine rings is 1. The van der Waals surface area contributed by atoms with E-state index in [1.165, 1.54) is 11.0 Å². The molecule has 0 aliphatic carbocycles. The second-order valence-electron chi connectivity index (χ2n) is 7.30. The Morgan fingerprint density at radius 2 is 1.48 bits per heavy atom. The Bertz CT molecular complexity index is 1090. The Morgan fingerprint density at radius 3 is 2.12 bits per heavy atom. The molecule has 0 aromatic heterocycles. The standard InChI is InChI=1S/C21H23F3N4O4S/c22-21(23,24)17-8-4-5-9-18(17)33(31,32)28-12-10-27(11-13-28)19(29)15-26-20(30)25-14-16-6-2-1-3-7-16/h1-9H,10-15H2,(H2,25,26,30). The van der Waals surface area contributed by atoms with Gasteiger partial charge in [0, 0.05) is 32.7 Å². The van der Waals surface area contributed by atoms with Gasteiger partial charge in [0.15, 0.2) is 0 Å². The van der Waals surface area contributed by atoms with E-state index in [2.05, 4.69) is 10.6 Å². The number of urea groups is 1. The van der Waals surface area contributed by atoms with Gasteiger partial charge in [-0.3, -0.25) is 4.79 Å². The van der Waals surface area contributed by atoms with Crippen molar-refractivity contribution in [1.82, 2.24) is 19.8 Å². The molecule has 0 radical (unpaired) electrons. The number of carbonyl (C=O) groups is 2. The Hall–Kier alpha value is -3.12. The van der Waals surface area contributed by atoms with E-state index >= 15 is 0 Å². The van der Waals surface area contributed by atoms with E-state index in [4.69, 9.17) is 0 Å². The summed E-state index contributed by atoms with van der Waals surface area (Å²) in [6.45, 7) is -0.304. The number of sulfonamides is 1. The lowest BCUT2D eigenvalue weighted by Crippen LogP contribution is -2.53. The average molecular weight is 485 g/mol. The van der Waals surface area contributed by atoms with E-state index in [1.54, 1.807) is 0 Å². The van der Waals surface area contributed by atoms with Crippen molar-refractivity contribution in [3.8, 4) is 0 Å².